The molecule has 2 aliphatic rings. The third-order valence-corrected chi connectivity index (χ3v) is 5.00. The normalized spacial score (nSPS) is 20.1. The molecule has 0 spiro atoms. The quantitative estimate of drug-likeness (QED) is 0.763. The van der Waals surface area contributed by atoms with E-state index >= 15 is 0 Å². The minimum atomic E-state index is -0.307. The van der Waals surface area contributed by atoms with Crippen LogP contribution in [-0.4, -0.2) is 49.5 Å². The van der Waals surface area contributed by atoms with Gasteiger partial charge in [0.15, 0.2) is 12.9 Å². The molecule has 0 saturated carbocycles. The van der Waals surface area contributed by atoms with Crippen LogP contribution >= 0.6 is 0 Å². The van der Waals surface area contributed by atoms with Crippen molar-refractivity contribution >= 4 is 5.91 Å². The molecule has 4 rings (SSSR count). The molecular formula is C22H25NO5. The summed E-state index contributed by atoms with van der Waals surface area (Å²) >= 11 is 0. The minimum Gasteiger partial charge on any atom is -0.484 e. The molecule has 2 saturated heterocycles. The van der Waals surface area contributed by atoms with Crippen molar-refractivity contribution in [1.29, 1.82) is 0 Å². The number of benzene rings is 2. The Hall–Kier alpha value is -2.57. The van der Waals surface area contributed by atoms with E-state index in [4.69, 9.17) is 18.9 Å². The fraction of sp³-hybridized carbons (Fsp3) is 0.409. The molecule has 0 radical (unpaired) electrons. The average Bonchev–Trinajstić information content (AvgIpc) is 3.29. The van der Waals surface area contributed by atoms with Crippen LogP contribution in [0.3, 0.4) is 0 Å². The van der Waals surface area contributed by atoms with E-state index in [1.54, 1.807) is 0 Å². The van der Waals surface area contributed by atoms with Gasteiger partial charge in [-0.2, -0.15) is 0 Å². The smallest absolute Gasteiger partial charge is 0.260 e. The number of piperidine rings is 1. The number of rotatable bonds is 6. The Balaban J connectivity index is 1.31. The van der Waals surface area contributed by atoms with Crippen LogP contribution < -0.4 is 9.47 Å². The van der Waals surface area contributed by atoms with E-state index in [9.17, 15) is 4.79 Å². The fourth-order valence-electron chi connectivity index (χ4n) is 3.61. The number of hydrogen-bond donors (Lipinski definition) is 0. The second-order valence-corrected chi connectivity index (χ2v) is 6.94. The van der Waals surface area contributed by atoms with Gasteiger partial charge in [0.25, 0.3) is 5.91 Å². The molecule has 2 aromatic carbocycles. The lowest BCUT2D eigenvalue weighted by molar-refractivity contribution is -0.152. The second kappa shape index (κ2) is 9.08. The van der Waals surface area contributed by atoms with Gasteiger partial charge < -0.3 is 23.8 Å². The van der Waals surface area contributed by atoms with E-state index in [0.717, 1.165) is 37.3 Å². The number of likely N-dealkylation sites (tertiary alicyclic amines) is 1. The number of hydrogen-bond acceptors (Lipinski definition) is 5. The fourth-order valence-corrected chi connectivity index (χ4v) is 3.61. The Morgan fingerprint density at radius 1 is 0.929 bits per heavy atom. The maximum absolute atomic E-state index is 12.7. The molecule has 148 valence electrons. The van der Waals surface area contributed by atoms with Crippen molar-refractivity contribution in [3.05, 3.63) is 54.6 Å². The van der Waals surface area contributed by atoms with Crippen LogP contribution in [0.15, 0.2) is 54.6 Å². The summed E-state index contributed by atoms with van der Waals surface area (Å²) in [6.07, 6.45) is 2.68. The van der Waals surface area contributed by atoms with Crippen LogP contribution in [0, 0.1) is 0 Å². The first-order valence-electron chi connectivity index (χ1n) is 9.78. The lowest BCUT2D eigenvalue weighted by Crippen LogP contribution is -2.51. The SMILES string of the molecule is O=C(COc1ccc(Oc2ccccc2)cc1)N1CCCCC1C1OCCO1. The van der Waals surface area contributed by atoms with E-state index in [-0.39, 0.29) is 24.8 Å². The Bertz CT molecular complexity index is 758. The van der Waals surface area contributed by atoms with Crippen molar-refractivity contribution in [2.24, 2.45) is 0 Å². The van der Waals surface area contributed by atoms with Gasteiger partial charge in [-0.15, -0.1) is 0 Å². The molecule has 2 aromatic rings. The first-order valence-corrected chi connectivity index (χ1v) is 9.78. The molecule has 1 unspecified atom stereocenters. The molecule has 6 nitrogen and oxygen atoms in total. The molecule has 0 aliphatic carbocycles. The Kier molecular flexibility index (Phi) is 6.09. The van der Waals surface area contributed by atoms with Crippen LogP contribution in [0.2, 0.25) is 0 Å². The van der Waals surface area contributed by atoms with Crippen molar-refractivity contribution in [3.63, 3.8) is 0 Å². The number of amides is 1. The van der Waals surface area contributed by atoms with E-state index < -0.39 is 0 Å². The largest absolute Gasteiger partial charge is 0.484 e. The number of nitrogens with zero attached hydrogens (tertiary/aromatic N) is 1. The molecule has 1 atom stereocenters. The van der Waals surface area contributed by atoms with Crippen LogP contribution in [0.5, 0.6) is 17.2 Å². The summed E-state index contributed by atoms with van der Waals surface area (Å²) in [6.45, 7) is 1.91. The van der Waals surface area contributed by atoms with Crippen molar-refractivity contribution in [2.45, 2.75) is 31.6 Å². The number of para-hydroxylation sites is 1. The van der Waals surface area contributed by atoms with Crippen LogP contribution in [0.25, 0.3) is 0 Å². The third-order valence-electron chi connectivity index (χ3n) is 5.00. The zero-order chi connectivity index (χ0) is 19.2. The molecular weight excluding hydrogens is 358 g/mol. The van der Waals surface area contributed by atoms with E-state index in [1.807, 2.05) is 59.5 Å². The first-order chi connectivity index (χ1) is 13.8. The predicted octanol–water partition coefficient (Wildman–Crippen LogP) is 3.61. The summed E-state index contributed by atoms with van der Waals surface area (Å²) in [6, 6.07) is 16.8. The summed E-state index contributed by atoms with van der Waals surface area (Å²) in [5, 5.41) is 0. The molecule has 6 heteroatoms. The first kappa shape index (κ1) is 18.8. The van der Waals surface area contributed by atoms with Gasteiger partial charge in [-0.3, -0.25) is 4.79 Å². The van der Waals surface area contributed by atoms with Crippen LogP contribution in [0.4, 0.5) is 0 Å². The number of ether oxygens (including phenoxy) is 4. The van der Waals surface area contributed by atoms with Crippen molar-refractivity contribution in [2.75, 3.05) is 26.4 Å². The van der Waals surface area contributed by atoms with Gasteiger partial charge in [-0.05, 0) is 55.7 Å². The van der Waals surface area contributed by atoms with Gasteiger partial charge >= 0.3 is 0 Å². The Labute approximate surface area is 165 Å². The highest BCUT2D eigenvalue weighted by Gasteiger charge is 2.36. The van der Waals surface area contributed by atoms with E-state index in [0.29, 0.717) is 19.0 Å². The molecule has 2 heterocycles. The van der Waals surface area contributed by atoms with Crippen LogP contribution in [0.1, 0.15) is 19.3 Å². The molecule has 2 aliphatic heterocycles. The zero-order valence-corrected chi connectivity index (χ0v) is 15.8. The van der Waals surface area contributed by atoms with Crippen LogP contribution in [-0.2, 0) is 14.3 Å². The third kappa shape index (κ3) is 4.64. The highest BCUT2D eigenvalue weighted by atomic mass is 16.7. The second-order valence-electron chi connectivity index (χ2n) is 6.94. The zero-order valence-electron chi connectivity index (χ0n) is 15.8. The maximum Gasteiger partial charge on any atom is 0.260 e. The minimum absolute atomic E-state index is 0.00209. The summed E-state index contributed by atoms with van der Waals surface area (Å²) in [5.41, 5.74) is 0. The number of carbonyl (C=O) groups excluding carboxylic acids is 1. The van der Waals surface area contributed by atoms with Gasteiger partial charge in [-0.1, -0.05) is 18.2 Å². The molecule has 28 heavy (non-hydrogen) atoms. The van der Waals surface area contributed by atoms with Gasteiger partial charge in [0.2, 0.25) is 0 Å². The predicted molar refractivity (Wildman–Crippen MR) is 103 cm³/mol. The van der Waals surface area contributed by atoms with Crippen molar-refractivity contribution < 1.29 is 23.7 Å². The van der Waals surface area contributed by atoms with Gasteiger partial charge in [0.05, 0.1) is 19.3 Å². The average molecular weight is 383 g/mol. The lowest BCUT2D eigenvalue weighted by atomic mass is 10.0. The molecule has 0 bridgehead atoms. The summed E-state index contributed by atoms with van der Waals surface area (Å²) in [4.78, 5) is 14.6. The van der Waals surface area contributed by atoms with Crippen molar-refractivity contribution in [1.82, 2.24) is 4.90 Å². The summed E-state index contributed by atoms with van der Waals surface area (Å²) in [7, 11) is 0. The van der Waals surface area contributed by atoms with Gasteiger partial charge in [0, 0.05) is 6.54 Å². The summed E-state index contributed by atoms with van der Waals surface area (Å²) < 4.78 is 22.7. The Morgan fingerprint density at radius 2 is 1.61 bits per heavy atom. The number of carbonyl (C=O) groups is 1. The van der Waals surface area contributed by atoms with Gasteiger partial charge in [-0.25, -0.2) is 0 Å². The maximum atomic E-state index is 12.7. The molecule has 0 N–H and O–H groups in total. The topological polar surface area (TPSA) is 57.2 Å². The Morgan fingerprint density at radius 3 is 2.36 bits per heavy atom. The molecule has 0 aromatic heterocycles. The molecule has 2 fully saturated rings. The summed E-state index contributed by atoms with van der Waals surface area (Å²) in [5.74, 6) is 2.10. The van der Waals surface area contributed by atoms with Gasteiger partial charge in [0.1, 0.15) is 17.2 Å². The lowest BCUT2D eigenvalue weighted by Gasteiger charge is -2.37. The standard InChI is InChI=1S/C22H25NO5/c24-21(23-13-5-4-8-20(23)22-25-14-15-26-22)16-27-17-9-11-19(12-10-17)28-18-6-2-1-3-7-18/h1-3,6-7,9-12,20,22H,4-5,8,13-16H2. The monoisotopic (exact) mass is 383 g/mol. The van der Waals surface area contributed by atoms with E-state index in [2.05, 4.69) is 0 Å². The highest BCUT2D eigenvalue weighted by Crippen LogP contribution is 2.26. The highest BCUT2D eigenvalue weighted by molar-refractivity contribution is 5.78. The van der Waals surface area contributed by atoms with E-state index in [1.165, 1.54) is 0 Å². The molecule has 1 amide bonds. The van der Waals surface area contributed by atoms with Crippen molar-refractivity contribution in [3.8, 4) is 17.2 Å².